The van der Waals surface area contributed by atoms with Crippen LogP contribution < -0.4 is 16.6 Å². The van der Waals surface area contributed by atoms with Crippen molar-refractivity contribution in [1.82, 2.24) is 5.43 Å². The Morgan fingerprint density at radius 3 is 2.00 bits per heavy atom. The molecule has 1 aromatic rings. The van der Waals surface area contributed by atoms with E-state index in [4.69, 9.17) is 0 Å². The van der Waals surface area contributed by atoms with Crippen LogP contribution in [0.15, 0.2) is 12.1 Å². The van der Waals surface area contributed by atoms with Gasteiger partial charge in [0, 0.05) is 17.8 Å². The maximum Gasteiger partial charge on any atom is 0.323 e. The number of carbonyl (C=O) groups excluding carboxylic acids is 2. The SMILES string of the molecule is NNC(=O)C(=O)Nc1cc(F)c(F)c(F)c1. The summed E-state index contributed by atoms with van der Waals surface area (Å²) >= 11 is 0. The van der Waals surface area contributed by atoms with Crippen LogP contribution in [0.5, 0.6) is 0 Å². The predicted octanol–water partition coefficient (Wildman–Crippen LogP) is 0.0323. The molecule has 0 heterocycles. The van der Waals surface area contributed by atoms with Gasteiger partial charge in [-0.3, -0.25) is 15.0 Å². The summed E-state index contributed by atoms with van der Waals surface area (Å²) in [4.78, 5) is 21.6. The van der Waals surface area contributed by atoms with E-state index in [2.05, 4.69) is 5.84 Å². The molecule has 2 amide bonds. The fourth-order valence-corrected chi connectivity index (χ4v) is 0.881. The summed E-state index contributed by atoms with van der Waals surface area (Å²) in [6.45, 7) is 0. The zero-order chi connectivity index (χ0) is 12.3. The highest BCUT2D eigenvalue weighted by molar-refractivity contribution is 6.39. The number of hydrazine groups is 1. The fraction of sp³-hybridized carbons (Fsp3) is 0. The smallest absolute Gasteiger partial charge is 0.318 e. The Hall–Kier alpha value is -2.09. The summed E-state index contributed by atoms with van der Waals surface area (Å²) in [7, 11) is 0. The number of rotatable bonds is 1. The van der Waals surface area contributed by atoms with Gasteiger partial charge in [0.15, 0.2) is 17.5 Å². The fourth-order valence-electron chi connectivity index (χ4n) is 0.881. The van der Waals surface area contributed by atoms with E-state index in [1.54, 1.807) is 0 Å². The Labute approximate surface area is 87.4 Å². The van der Waals surface area contributed by atoms with Crippen molar-refractivity contribution in [2.45, 2.75) is 0 Å². The molecule has 0 aromatic heterocycles. The van der Waals surface area contributed by atoms with Crippen LogP contribution in [-0.2, 0) is 9.59 Å². The van der Waals surface area contributed by atoms with Gasteiger partial charge in [-0.15, -0.1) is 0 Å². The van der Waals surface area contributed by atoms with Crippen LogP contribution in [-0.4, -0.2) is 11.8 Å². The summed E-state index contributed by atoms with van der Waals surface area (Å²) in [5.74, 6) is -2.42. The van der Waals surface area contributed by atoms with Crippen LogP contribution in [0.25, 0.3) is 0 Å². The first-order chi connectivity index (χ1) is 7.45. The van der Waals surface area contributed by atoms with Crippen LogP contribution >= 0.6 is 0 Å². The van der Waals surface area contributed by atoms with Gasteiger partial charge in [0.1, 0.15) is 0 Å². The Morgan fingerprint density at radius 1 is 1.06 bits per heavy atom. The van der Waals surface area contributed by atoms with Gasteiger partial charge in [-0.2, -0.15) is 0 Å². The largest absolute Gasteiger partial charge is 0.323 e. The molecule has 8 heteroatoms. The summed E-state index contributed by atoms with van der Waals surface area (Å²) in [5, 5.41) is 1.82. The number of carbonyl (C=O) groups is 2. The standard InChI is InChI=1S/C8H6F3N3O2/c9-4-1-3(2-5(10)6(4)11)13-7(15)8(16)14-12/h1-2H,12H2,(H,13,15)(H,14,16). The highest BCUT2D eigenvalue weighted by Gasteiger charge is 2.15. The van der Waals surface area contributed by atoms with Crippen molar-refractivity contribution in [3.63, 3.8) is 0 Å². The number of anilines is 1. The highest BCUT2D eigenvalue weighted by Crippen LogP contribution is 2.17. The van der Waals surface area contributed by atoms with E-state index in [0.29, 0.717) is 12.1 Å². The van der Waals surface area contributed by atoms with Gasteiger partial charge in [0.25, 0.3) is 0 Å². The monoisotopic (exact) mass is 233 g/mol. The molecule has 0 radical (unpaired) electrons. The first-order valence-electron chi connectivity index (χ1n) is 3.92. The third-order valence-electron chi connectivity index (χ3n) is 1.58. The zero-order valence-electron chi connectivity index (χ0n) is 7.68. The van der Waals surface area contributed by atoms with Gasteiger partial charge in [-0.25, -0.2) is 19.0 Å². The first kappa shape index (κ1) is 12.0. The van der Waals surface area contributed by atoms with E-state index in [1.165, 1.54) is 5.43 Å². The van der Waals surface area contributed by atoms with E-state index in [1.807, 2.05) is 5.32 Å². The van der Waals surface area contributed by atoms with Crippen molar-refractivity contribution in [3.05, 3.63) is 29.6 Å². The molecule has 86 valence electrons. The highest BCUT2D eigenvalue weighted by atomic mass is 19.2. The quantitative estimate of drug-likeness (QED) is 0.210. The number of hydrogen-bond acceptors (Lipinski definition) is 3. The summed E-state index contributed by atoms with van der Waals surface area (Å²) < 4.78 is 37.9. The Balaban J connectivity index is 2.91. The van der Waals surface area contributed by atoms with Crippen molar-refractivity contribution in [1.29, 1.82) is 0 Å². The summed E-state index contributed by atoms with van der Waals surface area (Å²) in [5.41, 5.74) is 1.11. The third kappa shape index (κ3) is 2.48. The van der Waals surface area contributed by atoms with Gasteiger partial charge in [0.2, 0.25) is 0 Å². The lowest BCUT2D eigenvalue weighted by Gasteiger charge is -2.04. The van der Waals surface area contributed by atoms with Gasteiger partial charge in [-0.05, 0) is 0 Å². The van der Waals surface area contributed by atoms with Crippen molar-refractivity contribution < 1.29 is 22.8 Å². The van der Waals surface area contributed by atoms with E-state index in [9.17, 15) is 22.8 Å². The molecular weight excluding hydrogens is 227 g/mol. The number of nitrogens with two attached hydrogens (primary N) is 1. The van der Waals surface area contributed by atoms with Gasteiger partial charge in [0.05, 0.1) is 0 Å². The van der Waals surface area contributed by atoms with Gasteiger partial charge < -0.3 is 5.32 Å². The Kier molecular flexibility index (Phi) is 3.46. The van der Waals surface area contributed by atoms with Crippen LogP contribution in [0.3, 0.4) is 0 Å². The molecule has 0 aliphatic rings. The Morgan fingerprint density at radius 2 is 1.56 bits per heavy atom. The van der Waals surface area contributed by atoms with Crippen LogP contribution in [0.1, 0.15) is 0 Å². The van der Waals surface area contributed by atoms with Crippen molar-refractivity contribution in [2.75, 3.05) is 5.32 Å². The van der Waals surface area contributed by atoms with Crippen molar-refractivity contribution in [3.8, 4) is 0 Å². The zero-order valence-corrected chi connectivity index (χ0v) is 7.68. The maximum atomic E-state index is 12.7. The molecular formula is C8H6F3N3O2. The lowest BCUT2D eigenvalue weighted by Crippen LogP contribution is -2.39. The lowest BCUT2D eigenvalue weighted by molar-refractivity contribution is -0.136. The normalized spacial score (nSPS) is 9.75. The minimum atomic E-state index is -1.67. The predicted molar refractivity (Wildman–Crippen MR) is 47.3 cm³/mol. The molecule has 0 spiro atoms. The van der Waals surface area contributed by atoms with Crippen LogP contribution in [0, 0.1) is 17.5 Å². The molecule has 5 nitrogen and oxygen atoms in total. The number of hydrogen-bond donors (Lipinski definition) is 3. The molecule has 0 saturated heterocycles. The van der Waals surface area contributed by atoms with Crippen molar-refractivity contribution >= 4 is 17.5 Å². The van der Waals surface area contributed by atoms with Gasteiger partial charge in [-0.1, -0.05) is 0 Å². The number of benzene rings is 1. The molecule has 0 bridgehead atoms. The lowest BCUT2D eigenvalue weighted by atomic mass is 10.3. The van der Waals surface area contributed by atoms with E-state index in [-0.39, 0.29) is 0 Å². The Bertz CT molecular complexity index is 427. The van der Waals surface area contributed by atoms with E-state index in [0.717, 1.165) is 0 Å². The second-order valence-electron chi connectivity index (χ2n) is 2.68. The molecule has 1 rings (SSSR count). The molecule has 0 fully saturated rings. The summed E-state index contributed by atoms with van der Waals surface area (Å²) in [6, 6.07) is 1.06. The first-order valence-corrected chi connectivity index (χ1v) is 3.92. The third-order valence-corrected chi connectivity index (χ3v) is 1.58. The molecule has 0 atom stereocenters. The minimum Gasteiger partial charge on any atom is -0.318 e. The maximum absolute atomic E-state index is 12.7. The second kappa shape index (κ2) is 4.62. The molecule has 0 unspecified atom stereocenters. The van der Waals surface area contributed by atoms with E-state index < -0.39 is 35.0 Å². The minimum absolute atomic E-state index is 0.398. The molecule has 0 aliphatic heterocycles. The van der Waals surface area contributed by atoms with Crippen molar-refractivity contribution in [2.24, 2.45) is 5.84 Å². The topological polar surface area (TPSA) is 84.2 Å². The van der Waals surface area contributed by atoms with Gasteiger partial charge >= 0.3 is 11.8 Å². The average molecular weight is 233 g/mol. The molecule has 1 aromatic carbocycles. The molecule has 16 heavy (non-hydrogen) atoms. The molecule has 0 saturated carbocycles. The molecule has 4 N–H and O–H groups in total. The summed E-state index contributed by atoms with van der Waals surface area (Å²) in [6.07, 6.45) is 0. The van der Waals surface area contributed by atoms with Crippen LogP contribution in [0.4, 0.5) is 18.9 Å². The van der Waals surface area contributed by atoms with Crippen LogP contribution in [0.2, 0.25) is 0 Å². The average Bonchev–Trinajstić information content (AvgIpc) is 2.24. The molecule has 0 aliphatic carbocycles. The van der Waals surface area contributed by atoms with E-state index >= 15 is 0 Å². The number of amides is 2. The second-order valence-corrected chi connectivity index (χ2v) is 2.68. The number of nitrogens with one attached hydrogen (secondary N) is 2. The number of halogens is 3.